The molecule has 1 aromatic carbocycles. The molecule has 0 atom stereocenters. The van der Waals surface area contributed by atoms with Gasteiger partial charge in [0.25, 0.3) is 0 Å². The molecule has 0 aliphatic carbocycles. The quantitative estimate of drug-likeness (QED) is 0.516. The monoisotopic (exact) mass is 448 g/mol. The minimum atomic E-state index is 0.165. The average Bonchev–Trinajstić information content (AvgIpc) is 3.19. The van der Waals surface area contributed by atoms with Crippen molar-refractivity contribution in [2.45, 2.75) is 13.5 Å². The Labute approximate surface area is 191 Å². The standard InChI is InChI=1S/C25H25FN4OS/c1-18-4-3-5-20(12-18)16-29-7-6-21(13-19(29)2)24-17-30(32-26)25-23(24)14-22(15-27-25)28-8-10-31-11-9-28/h3-7,12-15,17H,2,8-11,16H2,1H3. The molecular formula is C25H25FN4OS. The molecule has 0 bridgehead atoms. The molecule has 5 nitrogen and oxygen atoms in total. The van der Waals surface area contributed by atoms with Crippen molar-refractivity contribution in [2.24, 2.45) is 0 Å². The zero-order valence-corrected chi connectivity index (χ0v) is 18.8. The van der Waals surface area contributed by atoms with Crippen molar-refractivity contribution in [1.82, 2.24) is 13.9 Å². The summed E-state index contributed by atoms with van der Waals surface area (Å²) >= 11 is 0.165. The summed E-state index contributed by atoms with van der Waals surface area (Å²) < 4.78 is 20.6. The fourth-order valence-corrected chi connectivity index (χ4v) is 4.61. The predicted molar refractivity (Wildman–Crippen MR) is 130 cm³/mol. The van der Waals surface area contributed by atoms with Crippen LogP contribution in [0.3, 0.4) is 0 Å². The molecule has 3 aromatic rings. The maximum Gasteiger partial charge on any atom is 0.171 e. The Balaban J connectivity index is 1.46. The molecule has 2 aromatic heterocycles. The first kappa shape index (κ1) is 20.8. The third-order valence-electron chi connectivity index (χ3n) is 5.92. The molecule has 0 saturated carbocycles. The predicted octanol–water partition coefficient (Wildman–Crippen LogP) is 5.49. The highest BCUT2D eigenvalue weighted by Gasteiger charge is 2.19. The van der Waals surface area contributed by atoms with Crippen LogP contribution < -0.4 is 4.90 Å². The first-order valence-corrected chi connectivity index (χ1v) is 11.3. The van der Waals surface area contributed by atoms with Gasteiger partial charge < -0.3 is 14.5 Å². The van der Waals surface area contributed by atoms with E-state index in [0.29, 0.717) is 18.9 Å². The van der Waals surface area contributed by atoms with Crippen LogP contribution in [0.25, 0.3) is 16.6 Å². The average molecular weight is 449 g/mol. The van der Waals surface area contributed by atoms with Crippen LogP contribution in [0.4, 0.5) is 9.57 Å². The summed E-state index contributed by atoms with van der Waals surface area (Å²) in [6.45, 7) is 10.2. The molecule has 7 heteroatoms. The highest BCUT2D eigenvalue weighted by Crippen LogP contribution is 2.35. The molecule has 5 rings (SSSR count). The number of rotatable bonds is 5. The van der Waals surface area contributed by atoms with Crippen LogP contribution in [0, 0.1) is 6.92 Å². The lowest BCUT2D eigenvalue weighted by Crippen LogP contribution is -2.36. The number of aryl methyl sites for hydroxylation is 1. The molecule has 164 valence electrons. The van der Waals surface area contributed by atoms with Gasteiger partial charge in [-0.15, -0.1) is 3.89 Å². The number of halogens is 1. The van der Waals surface area contributed by atoms with Gasteiger partial charge in [0.15, 0.2) is 18.0 Å². The lowest BCUT2D eigenvalue weighted by molar-refractivity contribution is 0.122. The first-order chi connectivity index (χ1) is 15.6. The molecule has 0 N–H and O–H groups in total. The summed E-state index contributed by atoms with van der Waals surface area (Å²) in [5.41, 5.74) is 6.96. The van der Waals surface area contributed by atoms with Gasteiger partial charge in [-0.1, -0.05) is 36.4 Å². The van der Waals surface area contributed by atoms with Crippen LogP contribution in [-0.2, 0) is 11.3 Å². The number of benzene rings is 1. The highest BCUT2D eigenvalue weighted by atomic mass is 32.2. The van der Waals surface area contributed by atoms with E-state index in [9.17, 15) is 3.89 Å². The maximum atomic E-state index is 13.7. The van der Waals surface area contributed by atoms with Gasteiger partial charge in [0, 0.05) is 48.7 Å². The topological polar surface area (TPSA) is 33.5 Å². The highest BCUT2D eigenvalue weighted by molar-refractivity contribution is 7.92. The van der Waals surface area contributed by atoms with Gasteiger partial charge in [-0.05, 0) is 36.3 Å². The largest absolute Gasteiger partial charge is 0.378 e. The second-order valence-electron chi connectivity index (χ2n) is 8.13. The number of hydrogen-bond acceptors (Lipinski definition) is 5. The Bertz CT molecular complexity index is 1230. The van der Waals surface area contributed by atoms with Gasteiger partial charge in [0.1, 0.15) is 0 Å². The first-order valence-electron chi connectivity index (χ1n) is 10.7. The van der Waals surface area contributed by atoms with Crippen LogP contribution in [0.5, 0.6) is 0 Å². The molecule has 2 aliphatic rings. The van der Waals surface area contributed by atoms with Crippen LogP contribution in [0.15, 0.2) is 73.4 Å². The van der Waals surface area contributed by atoms with Gasteiger partial charge in [0.05, 0.1) is 25.1 Å². The molecular weight excluding hydrogens is 423 g/mol. The van der Waals surface area contributed by atoms with Crippen LogP contribution in [0.1, 0.15) is 16.7 Å². The fraction of sp³-hybridized carbons (Fsp3) is 0.240. The molecule has 1 saturated heterocycles. The summed E-state index contributed by atoms with van der Waals surface area (Å²) in [6, 6.07) is 10.6. The summed E-state index contributed by atoms with van der Waals surface area (Å²) in [6.07, 6.45) is 9.79. The molecule has 32 heavy (non-hydrogen) atoms. The number of pyridine rings is 1. The van der Waals surface area contributed by atoms with E-state index >= 15 is 0 Å². The van der Waals surface area contributed by atoms with Crippen LogP contribution >= 0.6 is 12.3 Å². The second-order valence-corrected chi connectivity index (χ2v) is 8.66. The number of aromatic nitrogens is 2. The number of fused-ring (bicyclic) bond motifs is 1. The van der Waals surface area contributed by atoms with E-state index < -0.39 is 0 Å². The minimum Gasteiger partial charge on any atom is -0.378 e. The Kier molecular flexibility index (Phi) is 5.76. The summed E-state index contributed by atoms with van der Waals surface area (Å²) in [5, 5.41) is 0.926. The van der Waals surface area contributed by atoms with E-state index in [0.717, 1.165) is 47.5 Å². The van der Waals surface area contributed by atoms with Crippen molar-refractivity contribution in [1.29, 1.82) is 0 Å². The Morgan fingerprint density at radius 1 is 1.22 bits per heavy atom. The number of hydrogen-bond donors (Lipinski definition) is 0. The van der Waals surface area contributed by atoms with Crippen molar-refractivity contribution in [3.05, 3.63) is 90.0 Å². The van der Waals surface area contributed by atoms with E-state index in [4.69, 9.17) is 4.74 Å². The molecule has 0 unspecified atom stereocenters. The SMILES string of the molecule is C=C1C=C(c2cn(SF)c3ncc(N4CCOCC4)cc23)C=CN1Cc1cccc(C)c1. The Morgan fingerprint density at radius 3 is 2.81 bits per heavy atom. The van der Waals surface area contributed by atoms with E-state index in [1.165, 1.54) is 15.1 Å². The van der Waals surface area contributed by atoms with Gasteiger partial charge in [0.2, 0.25) is 0 Å². The Morgan fingerprint density at radius 2 is 2.06 bits per heavy atom. The van der Waals surface area contributed by atoms with E-state index in [1.54, 1.807) is 0 Å². The van der Waals surface area contributed by atoms with E-state index in [-0.39, 0.29) is 12.3 Å². The summed E-state index contributed by atoms with van der Waals surface area (Å²) in [5.74, 6) is 0. The molecule has 0 spiro atoms. The Hall–Kier alpha value is -3.03. The third kappa shape index (κ3) is 4.06. The van der Waals surface area contributed by atoms with Crippen molar-refractivity contribution in [3.8, 4) is 0 Å². The molecule has 0 radical (unpaired) electrons. The van der Waals surface area contributed by atoms with Gasteiger partial charge in [-0.25, -0.2) is 8.96 Å². The van der Waals surface area contributed by atoms with Gasteiger partial charge in [-0.3, -0.25) is 0 Å². The maximum absolute atomic E-state index is 13.7. The molecule has 1 fully saturated rings. The van der Waals surface area contributed by atoms with E-state index in [2.05, 4.69) is 70.8 Å². The van der Waals surface area contributed by atoms with Gasteiger partial charge in [-0.2, -0.15) is 0 Å². The van der Waals surface area contributed by atoms with Gasteiger partial charge >= 0.3 is 0 Å². The number of allylic oxidation sites excluding steroid dienone is 3. The number of nitrogens with zero attached hydrogens (tertiary/aromatic N) is 4. The van der Waals surface area contributed by atoms with Crippen molar-refractivity contribution < 1.29 is 8.62 Å². The smallest absolute Gasteiger partial charge is 0.171 e. The zero-order chi connectivity index (χ0) is 22.1. The summed E-state index contributed by atoms with van der Waals surface area (Å²) in [4.78, 5) is 8.96. The van der Waals surface area contributed by atoms with Crippen LogP contribution in [-0.4, -0.2) is 40.2 Å². The van der Waals surface area contributed by atoms with Crippen LogP contribution in [0.2, 0.25) is 0 Å². The number of anilines is 1. The lowest BCUT2D eigenvalue weighted by Gasteiger charge is -2.28. The van der Waals surface area contributed by atoms with Crippen molar-refractivity contribution >= 4 is 34.6 Å². The minimum absolute atomic E-state index is 0.165. The zero-order valence-electron chi connectivity index (χ0n) is 18.0. The molecule has 0 amide bonds. The molecule has 2 aliphatic heterocycles. The van der Waals surface area contributed by atoms with Crippen molar-refractivity contribution in [3.63, 3.8) is 0 Å². The van der Waals surface area contributed by atoms with E-state index in [1.807, 2.05) is 18.6 Å². The van der Waals surface area contributed by atoms with Crippen molar-refractivity contribution in [2.75, 3.05) is 31.2 Å². The fourth-order valence-electron chi connectivity index (χ4n) is 4.25. The second kappa shape index (κ2) is 8.84. The lowest BCUT2D eigenvalue weighted by atomic mass is 10.0. The third-order valence-corrected chi connectivity index (χ3v) is 6.35. The number of morpholine rings is 1. The normalized spacial score (nSPS) is 16.7. The number of ether oxygens (including phenoxy) is 1. The summed E-state index contributed by atoms with van der Waals surface area (Å²) in [7, 11) is 0. The molecule has 4 heterocycles.